The molecule has 2 heteroatoms. The number of hydrogen-bond donors (Lipinski definition) is 1. The van der Waals surface area contributed by atoms with Gasteiger partial charge in [-0.05, 0) is 44.6 Å². The van der Waals surface area contributed by atoms with Gasteiger partial charge < -0.3 is 10.2 Å². The highest BCUT2D eigenvalue weighted by atomic mass is 15.1. The van der Waals surface area contributed by atoms with E-state index in [1.165, 1.54) is 11.1 Å². The third kappa shape index (κ3) is 4.88. The van der Waals surface area contributed by atoms with Crippen molar-refractivity contribution in [3.8, 4) is 0 Å². The van der Waals surface area contributed by atoms with Crippen LogP contribution in [0.15, 0.2) is 24.3 Å². The molecule has 0 saturated carbocycles. The predicted octanol–water partition coefficient (Wildman–Crippen LogP) is 2.71. The second-order valence-electron chi connectivity index (χ2n) is 5.44. The Morgan fingerprint density at radius 1 is 1.12 bits per heavy atom. The maximum Gasteiger partial charge on any atom is 0.0446 e. The highest BCUT2D eigenvalue weighted by molar-refractivity contribution is 5.25. The minimum absolute atomic E-state index is 0.415. The molecule has 0 radical (unpaired) electrons. The van der Waals surface area contributed by atoms with Crippen molar-refractivity contribution in [2.75, 3.05) is 27.7 Å². The zero-order valence-electron chi connectivity index (χ0n) is 11.8. The number of nitrogens with one attached hydrogen (secondary N) is 1. The van der Waals surface area contributed by atoms with Crippen LogP contribution < -0.4 is 5.32 Å². The number of rotatable bonds is 6. The number of nitrogens with zero attached hydrogens (tertiary/aromatic N) is 1. The second kappa shape index (κ2) is 6.77. The maximum atomic E-state index is 3.37. The van der Waals surface area contributed by atoms with Gasteiger partial charge >= 0.3 is 0 Å². The van der Waals surface area contributed by atoms with Crippen LogP contribution in [0.2, 0.25) is 0 Å². The van der Waals surface area contributed by atoms with E-state index in [2.05, 4.69) is 62.4 Å². The first-order chi connectivity index (χ1) is 8.02. The highest BCUT2D eigenvalue weighted by Crippen LogP contribution is 2.16. The zero-order valence-corrected chi connectivity index (χ0v) is 11.8. The molecule has 1 aromatic carbocycles. The van der Waals surface area contributed by atoms with Crippen LogP contribution in [-0.4, -0.2) is 32.6 Å². The molecule has 96 valence electrons. The Morgan fingerprint density at radius 2 is 1.71 bits per heavy atom. The first-order valence-electron chi connectivity index (χ1n) is 6.43. The molecule has 1 N–H and O–H groups in total. The van der Waals surface area contributed by atoms with Crippen molar-refractivity contribution in [1.82, 2.24) is 10.2 Å². The number of benzene rings is 1. The smallest absolute Gasteiger partial charge is 0.0446 e. The molecule has 2 nitrogen and oxygen atoms in total. The van der Waals surface area contributed by atoms with Crippen molar-refractivity contribution >= 4 is 0 Å². The highest BCUT2D eigenvalue weighted by Gasteiger charge is 2.09. The SMILES string of the molecule is CNC(CN(C)C)c1ccc(CC(C)C)cc1. The fourth-order valence-electron chi connectivity index (χ4n) is 2.09. The summed E-state index contributed by atoms with van der Waals surface area (Å²) in [6.45, 7) is 5.55. The molecule has 1 atom stereocenters. The van der Waals surface area contributed by atoms with Gasteiger partial charge in [-0.25, -0.2) is 0 Å². The molecule has 0 aliphatic carbocycles. The summed E-state index contributed by atoms with van der Waals surface area (Å²) in [6, 6.07) is 9.44. The minimum Gasteiger partial charge on any atom is -0.312 e. The molecular weight excluding hydrogens is 208 g/mol. The van der Waals surface area contributed by atoms with E-state index in [0.717, 1.165) is 18.9 Å². The van der Waals surface area contributed by atoms with E-state index in [1.54, 1.807) is 0 Å². The number of hydrogen-bond acceptors (Lipinski definition) is 2. The Balaban J connectivity index is 2.70. The topological polar surface area (TPSA) is 15.3 Å². The van der Waals surface area contributed by atoms with Crippen molar-refractivity contribution in [2.24, 2.45) is 5.92 Å². The Hall–Kier alpha value is -0.860. The van der Waals surface area contributed by atoms with Gasteiger partial charge in [-0.3, -0.25) is 0 Å². The molecule has 1 rings (SSSR count). The van der Waals surface area contributed by atoms with Crippen molar-refractivity contribution in [3.63, 3.8) is 0 Å². The van der Waals surface area contributed by atoms with Crippen molar-refractivity contribution in [2.45, 2.75) is 26.3 Å². The average molecular weight is 234 g/mol. The van der Waals surface area contributed by atoms with E-state index in [-0.39, 0.29) is 0 Å². The molecule has 0 spiro atoms. The summed E-state index contributed by atoms with van der Waals surface area (Å²) in [7, 11) is 6.24. The summed E-state index contributed by atoms with van der Waals surface area (Å²) < 4.78 is 0. The van der Waals surface area contributed by atoms with E-state index < -0.39 is 0 Å². The first kappa shape index (κ1) is 14.2. The third-order valence-corrected chi connectivity index (χ3v) is 2.92. The first-order valence-corrected chi connectivity index (χ1v) is 6.43. The lowest BCUT2D eigenvalue weighted by Crippen LogP contribution is -2.28. The average Bonchev–Trinajstić information content (AvgIpc) is 2.26. The summed E-state index contributed by atoms with van der Waals surface area (Å²) in [5.74, 6) is 0.725. The Kier molecular flexibility index (Phi) is 5.66. The lowest BCUT2D eigenvalue weighted by Gasteiger charge is -2.21. The Morgan fingerprint density at radius 3 is 2.12 bits per heavy atom. The van der Waals surface area contributed by atoms with Gasteiger partial charge in [-0.1, -0.05) is 38.1 Å². The second-order valence-corrected chi connectivity index (χ2v) is 5.44. The normalized spacial score (nSPS) is 13.4. The summed E-state index contributed by atoms with van der Waals surface area (Å²) in [4.78, 5) is 2.21. The van der Waals surface area contributed by atoms with Crippen LogP contribution in [0.5, 0.6) is 0 Å². The predicted molar refractivity (Wildman–Crippen MR) is 75.3 cm³/mol. The van der Waals surface area contributed by atoms with Gasteiger partial charge in [0.1, 0.15) is 0 Å². The van der Waals surface area contributed by atoms with Gasteiger partial charge in [0.15, 0.2) is 0 Å². The Labute approximate surface area is 106 Å². The van der Waals surface area contributed by atoms with Gasteiger partial charge in [0, 0.05) is 12.6 Å². The van der Waals surface area contributed by atoms with Crippen LogP contribution in [0.1, 0.15) is 31.0 Å². The lowest BCUT2D eigenvalue weighted by atomic mass is 9.99. The summed E-state index contributed by atoms with van der Waals surface area (Å²) in [5, 5.41) is 3.37. The van der Waals surface area contributed by atoms with Gasteiger partial charge in [0.2, 0.25) is 0 Å². The molecule has 0 aliphatic heterocycles. The van der Waals surface area contributed by atoms with Crippen molar-refractivity contribution in [1.29, 1.82) is 0 Å². The van der Waals surface area contributed by atoms with Gasteiger partial charge in [-0.15, -0.1) is 0 Å². The molecule has 0 aromatic heterocycles. The molecular formula is C15H26N2. The summed E-state index contributed by atoms with van der Waals surface area (Å²) in [6.07, 6.45) is 1.16. The number of likely N-dealkylation sites (N-methyl/N-ethyl adjacent to an activating group) is 2. The molecule has 0 bridgehead atoms. The Bertz CT molecular complexity index is 314. The molecule has 17 heavy (non-hydrogen) atoms. The van der Waals surface area contributed by atoms with Crippen LogP contribution in [-0.2, 0) is 6.42 Å². The molecule has 0 aliphatic rings. The molecule has 1 unspecified atom stereocenters. The van der Waals surface area contributed by atoms with Crippen LogP contribution in [0.3, 0.4) is 0 Å². The molecule has 1 aromatic rings. The van der Waals surface area contributed by atoms with Crippen LogP contribution in [0.25, 0.3) is 0 Å². The fourth-order valence-corrected chi connectivity index (χ4v) is 2.09. The molecule has 0 heterocycles. The summed E-state index contributed by atoms with van der Waals surface area (Å²) in [5.41, 5.74) is 2.80. The van der Waals surface area contributed by atoms with E-state index in [9.17, 15) is 0 Å². The van der Waals surface area contributed by atoms with Gasteiger partial charge in [0.05, 0.1) is 0 Å². The van der Waals surface area contributed by atoms with E-state index in [1.807, 2.05) is 7.05 Å². The standard InChI is InChI=1S/C15H26N2/c1-12(2)10-13-6-8-14(9-7-13)15(16-3)11-17(4)5/h6-9,12,15-16H,10-11H2,1-5H3. The maximum absolute atomic E-state index is 3.37. The van der Waals surface area contributed by atoms with Crippen LogP contribution in [0, 0.1) is 5.92 Å². The third-order valence-electron chi connectivity index (χ3n) is 2.92. The molecule has 0 amide bonds. The fraction of sp³-hybridized carbons (Fsp3) is 0.600. The quantitative estimate of drug-likeness (QED) is 0.814. The molecule has 0 fully saturated rings. The van der Waals surface area contributed by atoms with Crippen LogP contribution in [0.4, 0.5) is 0 Å². The molecule has 0 saturated heterocycles. The largest absolute Gasteiger partial charge is 0.312 e. The van der Waals surface area contributed by atoms with Crippen molar-refractivity contribution < 1.29 is 0 Å². The van der Waals surface area contributed by atoms with E-state index in [4.69, 9.17) is 0 Å². The van der Waals surface area contributed by atoms with Gasteiger partial charge in [0.25, 0.3) is 0 Å². The monoisotopic (exact) mass is 234 g/mol. The van der Waals surface area contributed by atoms with Gasteiger partial charge in [-0.2, -0.15) is 0 Å². The zero-order chi connectivity index (χ0) is 12.8. The summed E-state index contributed by atoms with van der Waals surface area (Å²) >= 11 is 0. The lowest BCUT2D eigenvalue weighted by molar-refractivity contribution is 0.352. The minimum atomic E-state index is 0.415. The van der Waals surface area contributed by atoms with E-state index in [0.29, 0.717) is 6.04 Å². The van der Waals surface area contributed by atoms with E-state index >= 15 is 0 Å². The van der Waals surface area contributed by atoms with Crippen LogP contribution >= 0.6 is 0 Å². The van der Waals surface area contributed by atoms with Crippen molar-refractivity contribution in [3.05, 3.63) is 35.4 Å².